The summed E-state index contributed by atoms with van der Waals surface area (Å²) in [5.74, 6) is 0.918. The van der Waals surface area contributed by atoms with Crippen LogP contribution in [0.2, 0.25) is 0 Å². The van der Waals surface area contributed by atoms with Crippen LogP contribution in [-0.4, -0.2) is 54.3 Å². The fourth-order valence-electron chi connectivity index (χ4n) is 2.33. The van der Waals surface area contributed by atoms with Crippen LogP contribution in [0.15, 0.2) is 24.5 Å². The number of rotatable bonds is 4. The van der Waals surface area contributed by atoms with Crippen LogP contribution >= 0.6 is 22.6 Å². The van der Waals surface area contributed by atoms with Crippen molar-refractivity contribution in [3.8, 4) is 0 Å². The largest absolute Gasteiger partial charge is 0.379 e. The number of anilines is 1. The first kappa shape index (κ1) is 14.0. The molecule has 0 saturated carbocycles. The summed E-state index contributed by atoms with van der Waals surface area (Å²) < 4.78 is 6.55. The average molecular weight is 384 g/mol. The number of ether oxygens (including phenoxy) is 1. The third kappa shape index (κ3) is 3.36. The molecule has 1 saturated heterocycles. The van der Waals surface area contributed by atoms with Crippen molar-refractivity contribution in [3.05, 3.63) is 28.1 Å². The molecule has 6 heteroatoms. The molecule has 0 bridgehead atoms. The number of hydrogen-bond acceptors (Lipinski definition) is 5. The zero-order valence-corrected chi connectivity index (χ0v) is 13.3. The first-order valence-corrected chi connectivity index (χ1v) is 7.85. The van der Waals surface area contributed by atoms with Crippen molar-refractivity contribution in [1.29, 1.82) is 0 Å². The monoisotopic (exact) mass is 384 g/mol. The number of morpholine rings is 1. The van der Waals surface area contributed by atoms with Crippen LogP contribution in [0, 0.1) is 3.57 Å². The molecule has 0 spiro atoms. The standard InChI is InChI=1S/C14H17IN4O/c15-11-1-2-13-12(9-11)14(18-10-17-13)16-3-4-19-5-7-20-8-6-19/h1-2,9-10H,3-8H2,(H,16,17,18). The maximum absolute atomic E-state index is 5.35. The first-order valence-electron chi connectivity index (χ1n) is 6.77. The van der Waals surface area contributed by atoms with E-state index in [0.29, 0.717) is 0 Å². The topological polar surface area (TPSA) is 50.3 Å². The molecule has 1 fully saturated rings. The fraction of sp³-hybridized carbons (Fsp3) is 0.429. The van der Waals surface area contributed by atoms with E-state index in [0.717, 1.165) is 56.1 Å². The molecule has 0 atom stereocenters. The molecule has 1 aliphatic rings. The zero-order valence-electron chi connectivity index (χ0n) is 11.2. The Hall–Kier alpha value is -0.990. The summed E-state index contributed by atoms with van der Waals surface area (Å²) in [5, 5.41) is 4.51. The number of nitrogens with zero attached hydrogens (tertiary/aromatic N) is 3. The van der Waals surface area contributed by atoms with Gasteiger partial charge < -0.3 is 10.1 Å². The van der Waals surface area contributed by atoms with Crippen molar-refractivity contribution in [2.24, 2.45) is 0 Å². The van der Waals surface area contributed by atoms with Crippen LogP contribution in [0.4, 0.5) is 5.82 Å². The Bertz CT molecular complexity index is 586. The Balaban J connectivity index is 1.66. The maximum Gasteiger partial charge on any atom is 0.137 e. The minimum absolute atomic E-state index is 0.842. The average Bonchev–Trinajstić information content (AvgIpc) is 2.49. The summed E-state index contributed by atoms with van der Waals surface area (Å²) in [6.45, 7) is 5.62. The zero-order chi connectivity index (χ0) is 13.8. The predicted molar refractivity (Wildman–Crippen MR) is 88.0 cm³/mol. The second kappa shape index (κ2) is 6.64. The molecule has 106 valence electrons. The van der Waals surface area contributed by atoms with E-state index in [9.17, 15) is 0 Å². The second-order valence-corrected chi connectivity index (χ2v) is 6.01. The highest BCUT2D eigenvalue weighted by atomic mass is 127. The van der Waals surface area contributed by atoms with Gasteiger partial charge in [0.05, 0.1) is 18.7 Å². The molecule has 1 aromatic carbocycles. The van der Waals surface area contributed by atoms with Crippen molar-refractivity contribution in [3.63, 3.8) is 0 Å². The number of aromatic nitrogens is 2. The summed E-state index contributed by atoms with van der Waals surface area (Å²) in [6, 6.07) is 6.21. The molecule has 20 heavy (non-hydrogen) atoms. The van der Waals surface area contributed by atoms with E-state index >= 15 is 0 Å². The number of benzene rings is 1. The van der Waals surface area contributed by atoms with Gasteiger partial charge in [-0.05, 0) is 40.8 Å². The Labute approximate surface area is 131 Å². The molecule has 1 N–H and O–H groups in total. The Morgan fingerprint density at radius 1 is 1.25 bits per heavy atom. The van der Waals surface area contributed by atoms with Crippen molar-refractivity contribution >= 4 is 39.3 Å². The van der Waals surface area contributed by atoms with Crippen LogP contribution < -0.4 is 5.32 Å². The molecule has 1 aliphatic heterocycles. The van der Waals surface area contributed by atoms with Crippen LogP contribution in [0.1, 0.15) is 0 Å². The fourth-order valence-corrected chi connectivity index (χ4v) is 2.82. The molecule has 3 rings (SSSR count). The van der Waals surface area contributed by atoms with Gasteiger partial charge in [-0.2, -0.15) is 0 Å². The van der Waals surface area contributed by atoms with E-state index in [1.807, 2.05) is 6.07 Å². The van der Waals surface area contributed by atoms with Crippen LogP contribution in [0.25, 0.3) is 10.9 Å². The van der Waals surface area contributed by atoms with Gasteiger partial charge in [0.1, 0.15) is 12.1 Å². The third-order valence-corrected chi connectivity index (χ3v) is 4.09. The Kier molecular flexibility index (Phi) is 4.64. The molecule has 0 unspecified atom stereocenters. The quantitative estimate of drug-likeness (QED) is 0.818. The van der Waals surface area contributed by atoms with Crippen LogP contribution in [0.5, 0.6) is 0 Å². The summed E-state index contributed by atoms with van der Waals surface area (Å²) in [4.78, 5) is 11.1. The van der Waals surface area contributed by atoms with E-state index in [1.165, 1.54) is 3.57 Å². The lowest BCUT2D eigenvalue weighted by atomic mass is 10.2. The smallest absolute Gasteiger partial charge is 0.137 e. The van der Waals surface area contributed by atoms with Crippen LogP contribution in [-0.2, 0) is 4.74 Å². The van der Waals surface area contributed by atoms with Crippen molar-refractivity contribution in [2.75, 3.05) is 44.7 Å². The molecule has 0 aliphatic carbocycles. The molecule has 0 radical (unpaired) electrons. The SMILES string of the molecule is Ic1ccc2ncnc(NCCN3CCOCC3)c2c1. The van der Waals surface area contributed by atoms with Gasteiger partial charge in [0, 0.05) is 35.1 Å². The maximum atomic E-state index is 5.35. The normalized spacial score (nSPS) is 16.4. The summed E-state index contributed by atoms with van der Waals surface area (Å²) >= 11 is 2.31. The highest BCUT2D eigenvalue weighted by Crippen LogP contribution is 2.21. The van der Waals surface area contributed by atoms with Crippen molar-refractivity contribution in [1.82, 2.24) is 14.9 Å². The molecule has 0 amide bonds. The number of fused-ring (bicyclic) bond motifs is 1. The molecular weight excluding hydrogens is 367 g/mol. The number of nitrogens with one attached hydrogen (secondary N) is 1. The molecule has 1 aromatic heterocycles. The van der Waals surface area contributed by atoms with Gasteiger partial charge in [0.2, 0.25) is 0 Å². The first-order chi connectivity index (χ1) is 9.83. The highest BCUT2D eigenvalue weighted by molar-refractivity contribution is 14.1. The van der Waals surface area contributed by atoms with Crippen LogP contribution in [0.3, 0.4) is 0 Å². The minimum atomic E-state index is 0.842. The van der Waals surface area contributed by atoms with Crippen molar-refractivity contribution in [2.45, 2.75) is 0 Å². The second-order valence-electron chi connectivity index (χ2n) is 4.76. The lowest BCUT2D eigenvalue weighted by Crippen LogP contribution is -2.39. The Morgan fingerprint density at radius 2 is 2.10 bits per heavy atom. The third-order valence-electron chi connectivity index (χ3n) is 3.42. The summed E-state index contributed by atoms with van der Waals surface area (Å²) in [6.07, 6.45) is 1.62. The molecule has 2 aromatic rings. The lowest BCUT2D eigenvalue weighted by Gasteiger charge is -2.26. The van der Waals surface area contributed by atoms with Gasteiger partial charge >= 0.3 is 0 Å². The van der Waals surface area contributed by atoms with Crippen molar-refractivity contribution < 1.29 is 4.74 Å². The predicted octanol–water partition coefficient (Wildman–Crippen LogP) is 1.98. The van der Waals surface area contributed by atoms with Gasteiger partial charge in [-0.15, -0.1) is 0 Å². The minimum Gasteiger partial charge on any atom is -0.379 e. The highest BCUT2D eigenvalue weighted by Gasteiger charge is 2.10. The summed E-state index contributed by atoms with van der Waals surface area (Å²) in [7, 11) is 0. The number of halogens is 1. The molecular formula is C14H17IN4O. The van der Waals surface area contributed by atoms with Gasteiger partial charge in [-0.3, -0.25) is 4.90 Å². The molecule has 5 nitrogen and oxygen atoms in total. The van der Waals surface area contributed by atoms with E-state index in [-0.39, 0.29) is 0 Å². The van der Waals surface area contributed by atoms with E-state index in [4.69, 9.17) is 4.74 Å². The van der Waals surface area contributed by atoms with E-state index in [1.54, 1.807) is 6.33 Å². The van der Waals surface area contributed by atoms with Gasteiger partial charge in [-0.1, -0.05) is 0 Å². The van der Waals surface area contributed by atoms with E-state index in [2.05, 4.69) is 54.9 Å². The van der Waals surface area contributed by atoms with E-state index < -0.39 is 0 Å². The van der Waals surface area contributed by atoms with Gasteiger partial charge in [0.25, 0.3) is 0 Å². The molecule has 2 heterocycles. The van der Waals surface area contributed by atoms with Gasteiger partial charge in [0.15, 0.2) is 0 Å². The Morgan fingerprint density at radius 3 is 2.95 bits per heavy atom. The number of hydrogen-bond donors (Lipinski definition) is 1. The van der Waals surface area contributed by atoms with Gasteiger partial charge in [-0.25, -0.2) is 9.97 Å². The summed E-state index contributed by atoms with van der Waals surface area (Å²) in [5.41, 5.74) is 0.981. The lowest BCUT2D eigenvalue weighted by molar-refractivity contribution is 0.0398.